The third-order valence-electron chi connectivity index (χ3n) is 2.49. The van der Waals surface area contributed by atoms with Crippen molar-refractivity contribution in [2.45, 2.75) is 18.9 Å². The SMILES string of the molecule is CN(CCC(=O)O)S(=O)(=O)N1CCC(O)C1. The maximum Gasteiger partial charge on any atom is 0.304 e. The largest absolute Gasteiger partial charge is 0.481 e. The van der Waals surface area contributed by atoms with Crippen LogP contribution < -0.4 is 0 Å². The van der Waals surface area contributed by atoms with E-state index in [4.69, 9.17) is 5.11 Å². The van der Waals surface area contributed by atoms with Gasteiger partial charge in [0.1, 0.15) is 0 Å². The summed E-state index contributed by atoms with van der Waals surface area (Å²) >= 11 is 0. The number of aliphatic hydroxyl groups is 1. The lowest BCUT2D eigenvalue weighted by Gasteiger charge is -2.23. The molecular weight excluding hydrogens is 236 g/mol. The molecule has 0 radical (unpaired) electrons. The second-order valence-corrected chi connectivity index (χ2v) is 5.81. The van der Waals surface area contributed by atoms with E-state index < -0.39 is 22.3 Å². The maximum absolute atomic E-state index is 11.8. The Morgan fingerprint density at radius 2 is 2.19 bits per heavy atom. The van der Waals surface area contributed by atoms with Gasteiger partial charge in [-0.3, -0.25) is 4.79 Å². The first-order valence-corrected chi connectivity index (χ1v) is 6.35. The number of aliphatic hydroxyl groups excluding tert-OH is 1. The molecule has 1 aliphatic rings. The Kier molecular flexibility index (Phi) is 4.25. The van der Waals surface area contributed by atoms with E-state index in [1.54, 1.807) is 0 Å². The summed E-state index contributed by atoms with van der Waals surface area (Å²) < 4.78 is 25.8. The lowest BCUT2D eigenvalue weighted by Crippen LogP contribution is -2.41. The van der Waals surface area contributed by atoms with Gasteiger partial charge in [-0.25, -0.2) is 0 Å². The molecule has 1 unspecified atom stereocenters. The fraction of sp³-hybridized carbons (Fsp3) is 0.875. The first-order valence-electron chi connectivity index (χ1n) is 4.95. The number of hydrogen-bond acceptors (Lipinski definition) is 4. The molecule has 8 heteroatoms. The van der Waals surface area contributed by atoms with Gasteiger partial charge in [-0.05, 0) is 6.42 Å². The topological polar surface area (TPSA) is 98.2 Å². The minimum atomic E-state index is -3.62. The van der Waals surface area contributed by atoms with Crippen molar-refractivity contribution >= 4 is 16.2 Å². The fourth-order valence-electron chi connectivity index (χ4n) is 1.49. The van der Waals surface area contributed by atoms with Crippen molar-refractivity contribution in [3.05, 3.63) is 0 Å². The Balaban J connectivity index is 2.59. The minimum Gasteiger partial charge on any atom is -0.481 e. The second-order valence-electron chi connectivity index (χ2n) is 3.77. The predicted octanol–water partition coefficient (Wildman–Crippen LogP) is -1.30. The van der Waals surface area contributed by atoms with E-state index in [0.29, 0.717) is 6.42 Å². The number of aliphatic carboxylic acids is 1. The number of carboxylic acids is 1. The molecule has 0 aromatic heterocycles. The number of carboxylic acid groups (broad SMARTS) is 1. The number of β-amino-alcohol motifs (C(OH)–C–C–N with tert-alkyl or cyclic N) is 1. The zero-order chi connectivity index (χ0) is 12.3. The van der Waals surface area contributed by atoms with Crippen molar-refractivity contribution in [1.29, 1.82) is 0 Å². The molecule has 1 heterocycles. The molecule has 1 atom stereocenters. The molecular formula is C8H16N2O5S. The maximum atomic E-state index is 11.8. The first-order chi connectivity index (χ1) is 7.34. The van der Waals surface area contributed by atoms with Gasteiger partial charge in [0, 0.05) is 26.7 Å². The number of carbonyl (C=O) groups is 1. The minimum absolute atomic E-state index is 0.0652. The third-order valence-corrected chi connectivity index (χ3v) is 4.44. The molecule has 7 nitrogen and oxygen atoms in total. The molecule has 0 amide bonds. The van der Waals surface area contributed by atoms with Crippen LogP contribution in [0.1, 0.15) is 12.8 Å². The highest BCUT2D eigenvalue weighted by Crippen LogP contribution is 2.15. The highest BCUT2D eigenvalue weighted by atomic mass is 32.2. The van der Waals surface area contributed by atoms with Crippen molar-refractivity contribution in [2.24, 2.45) is 0 Å². The molecule has 2 N–H and O–H groups in total. The molecule has 0 saturated carbocycles. The summed E-state index contributed by atoms with van der Waals surface area (Å²) in [6.45, 7) is 0.297. The lowest BCUT2D eigenvalue weighted by molar-refractivity contribution is -0.137. The monoisotopic (exact) mass is 252 g/mol. The van der Waals surface area contributed by atoms with Crippen LogP contribution in [0.4, 0.5) is 0 Å². The normalized spacial score (nSPS) is 22.8. The molecule has 94 valence electrons. The zero-order valence-corrected chi connectivity index (χ0v) is 9.85. The Labute approximate surface area is 94.5 Å². The van der Waals surface area contributed by atoms with E-state index in [-0.39, 0.29) is 26.1 Å². The average Bonchev–Trinajstić information content (AvgIpc) is 2.61. The molecule has 1 saturated heterocycles. The first kappa shape index (κ1) is 13.4. The third kappa shape index (κ3) is 3.14. The van der Waals surface area contributed by atoms with Crippen LogP contribution in [0.2, 0.25) is 0 Å². The lowest BCUT2D eigenvalue weighted by atomic mass is 10.3. The van der Waals surface area contributed by atoms with Crippen molar-refractivity contribution < 1.29 is 23.4 Å². The van der Waals surface area contributed by atoms with E-state index in [9.17, 15) is 18.3 Å². The van der Waals surface area contributed by atoms with Crippen LogP contribution in [0, 0.1) is 0 Å². The quantitative estimate of drug-likeness (QED) is 0.634. The van der Waals surface area contributed by atoms with E-state index in [0.717, 1.165) is 4.31 Å². The summed E-state index contributed by atoms with van der Waals surface area (Å²) in [7, 11) is -2.29. The summed E-state index contributed by atoms with van der Waals surface area (Å²) in [6, 6.07) is 0. The van der Waals surface area contributed by atoms with E-state index >= 15 is 0 Å². The van der Waals surface area contributed by atoms with Gasteiger partial charge in [-0.15, -0.1) is 0 Å². The van der Waals surface area contributed by atoms with E-state index in [2.05, 4.69) is 0 Å². The van der Waals surface area contributed by atoms with Gasteiger partial charge in [0.05, 0.1) is 12.5 Å². The molecule has 0 spiro atoms. The van der Waals surface area contributed by atoms with Crippen LogP contribution in [0.15, 0.2) is 0 Å². The highest BCUT2D eigenvalue weighted by Gasteiger charge is 2.33. The molecule has 0 aromatic carbocycles. The molecule has 1 fully saturated rings. The van der Waals surface area contributed by atoms with Gasteiger partial charge in [0.15, 0.2) is 0 Å². The Hall–Kier alpha value is -0.700. The Bertz CT molecular complexity index is 355. The molecule has 1 rings (SSSR count). The second kappa shape index (κ2) is 5.09. The van der Waals surface area contributed by atoms with Crippen molar-refractivity contribution in [2.75, 3.05) is 26.7 Å². The summed E-state index contributed by atoms with van der Waals surface area (Å²) in [4.78, 5) is 10.3. The van der Waals surface area contributed by atoms with Crippen LogP contribution in [0.3, 0.4) is 0 Å². The zero-order valence-electron chi connectivity index (χ0n) is 9.03. The summed E-state index contributed by atoms with van der Waals surface area (Å²) in [5.41, 5.74) is 0. The molecule has 0 aliphatic carbocycles. The summed E-state index contributed by atoms with van der Waals surface area (Å²) in [6.07, 6.45) is -0.430. The number of rotatable bonds is 5. The van der Waals surface area contributed by atoms with Crippen molar-refractivity contribution in [1.82, 2.24) is 8.61 Å². The smallest absolute Gasteiger partial charge is 0.304 e. The van der Waals surface area contributed by atoms with Crippen LogP contribution in [-0.2, 0) is 15.0 Å². The Morgan fingerprint density at radius 3 is 2.62 bits per heavy atom. The van der Waals surface area contributed by atoms with E-state index in [1.165, 1.54) is 11.4 Å². The molecule has 1 aliphatic heterocycles. The number of hydrogen-bond donors (Lipinski definition) is 2. The van der Waals surface area contributed by atoms with Gasteiger partial charge in [0.25, 0.3) is 10.2 Å². The highest BCUT2D eigenvalue weighted by molar-refractivity contribution is 7.86. The van der Waals surface area contributed by atoms with Crippen molar-refractivity contribution in [3.8, 4) is 0 Å². The van der Waals surface area contributed by atoms with Gasteiger partial charge in [-0.1, -0.05) is 0 Å². The van der Waals surface area contributed by atoms with Gasteiger partial charge >= 0.3 is 5.97 Å². The summed E-state index contributed by atoms with van der Waals surface area (Å²) in [5.74, 6) is -1.04. The van der Waals surface area contributed by atoms with Crippen molar-refractivity contribution in [3.63, 3.8) is 0 Å². The Morgan fingerprint density at radius 1 is 1.56 bits per heavy atom. The molecule has 0 aromatic rings. The van der Waals surface area contributed by atoms with Gasteiger partial charge in [-0.2, -0.15) is 17.0 Å². The van der Waals surface area contributed by atoms with Crippen LogP contribution in [0.5, 0.6) is 0 Å². The van der Waals surface area contributed by atoms with Crippen LogP contribution >= 0.6 is 0 Å². The van der Waals surface area contributed by atoms with Crippen LogP contribution in [0.25, 0.3) is 0 Å². The van der Waals surface area contributed by atoms with Crippen LogP contribution in [-0.4, -0.2) is 66.0 Å². The number of nitrogens with zero attached hydrogens (tertiary/aromatic N) is 2. The predicted molar refractivity (Wildman–Crippen MR) is 56.0 cm³/mol. The van der Waals surface area contributed by atoms with E-state index in [1.807, 2.05) is 0 Å². The van der Waals surface area contributed by atoms with Gasteiger partial charge < -0.3 is 10.2 Å². The molecule has 16 heavy (non-hydrogen) atoms. The fourth-order valence-corrected chi connectivity index (χ4v) is 2.90. The molecule has 0 bridgehead atoms. The summed E-state index contributed by atoms with van der Waals surface area (Å²) in [5, 5.41) is 17.7. The van der Waals surface area contributed by atoms with Gasteiger partial charge in [0.2, 0.25) is 0 Å². The average molecular weight is 252 g/mol. The standard InChI is InChI=1S/C8H16N2O5S/c1-9(4-3-8(12)13)16(14,15)10-5-2-7(11)6-10/h7,11H,2-6H2,1H3,(H,12,13).